The lowest BCUT2D eigenvalue weighted by Crippen LogP contribution is -2.23. The van der Waals surface area contributed by atoms with Crippen molar-refractivity contribution in [1.82, 2.24) is 4.98 Å². The first kappa shape index (κ1) is 30.8. The number of benzene rings is 1. The van der Waals surface area contributed by atoms with Gasteiger partial charge in [-0.05, 0) is 105 Å². The Morgan fingerprint density at radius 2 is 1.93 bits per heavy atom. The van der Waals surface area contributed by atoms with E-state index in [4.69, 9.17) is 4.99 Å². The fraction of sp³-hybridized carbons (Fsp3) is 0.189. The molecule has 1 aliphatic heterocycles. The highest BCUT2D eigenvalue weighted by molar-refractivity contribution is 5.76. The number of rotatable bonds is 12. The molecule has 0 radical (unpaired) electrons. The summed E-state index contributed by atoms with van der Waals surface area (Å²) in [5, 5.41) is 0. The Labute approximate surface area is 256 Å². The van der Waals surface area contributed by atoms with Crippen LogP contribution in [0, 0.1) is 0 Å². The number of aromatic nitrogens is 1. The molecule has 0 saturated heterocycles. The van der Waals surface area contributed by atoms with Gasteiger partial charge >= 0.3 is 0 Å². The number of nitrogens with zero attached hydrogens (tertiary/aromatic N) is 6. The van der Waals surface area contributed by atoms with Crippen LogP contribution in [0.4, 0.5) is 11.4 Å². The zero-order valence-corrected chi connectivity index (χ0v) is 25.3. The van der Waals surface area contributed by atoms with Crippen molar-refractivity contribution in [3.05, 3.63) is 145 Å². The van der Waals surface area contributed by atoms with Crippen molar-refractivity contribution < 1.29 is 0 Å². The number of hydrogen-bond acceptors (Lipinski definition) is 6. The van der Waals surface area contributed by atoms with Gasteiger partial charge in [0.05, 0.1) is 24.1 Å². The van der Waals surface area contributed by atoms with E-state index < -0.39 is 0 Å². The summed E-state index contributed by atoms with van der Waals surface area (Å²) in [6, 6.07) is 12.8. The van der Waals surface area contributed by atoms with Crippen LogP contribution >= 0.6 is 0 Å². The highest BCUT2D eigenvalue weighted by atomic mass is 15.2. The van der Waals surface area contributed by atoms with E-state index in [1.807, 2.05) is 69.0 Å². The molecule has 1 aromatic heterocycles. The third-order valence-electron chi connectivity index (χ3n) is 6.92. The minimum Gasteiger partial charge on any atom is -0.341 e. The molecule has 1 aliphatic carbocycles. The molecule has 43 heavy (non-hydrogen) atoms. The maximum Gasteiger partial charge on any atom is 0.136 e. The summed E-state index contributed by atoms with van der Waals surface area (Å²) < 4.78 is 0. The number of aliphatic imine (C=N–C) groups is 3. The zero-order valence-electron chi connectivity index (χ0n) is 25.3. The van der Waals surface area contributed by atoms with Gasteiger partial charge in [0.1, 0.15) is 5.82 Å². The maximum atomic E-state index is 4.80. The Morgan fingerprint density at radius 1 is 1.07 bits per heavy atom. The van der Waals surface area contributed by atoms with Crippen molar-refractivity contribution in [2.45, 2.75) is 40.0 Å². The smallest absolute Gasteiger partial charge is 0.136 e. The van der Waals surface area contributed by atoms with Crippen molar-refractivity contribution in [1.29, 1.82) is 0 Å². The number of pyridine rings is 1. The zero-order chi connectivity index (χ0) is 30.3. The SMILES string of the molecule is C=C/C=C\N=CCN(/C=C(C)/N=C\C=C/C)c1ccc(C2=CC=C(N(C3=C(C)CC=CC=N3)c3cccnc3)CC2)cc1. The molecule has 4 rings (SSSR count). The molecule has 0 N–H and O–H groups in total. The van der Waals surface area contributed by atoms with E-state index in [0.29, 0.717) is 6.54 Å². The molecular formula is C37H40N6. The van der Waals surface area contributed by atoms with E-state index in [0.717, 1.165) is 42.2 Å². The Morgan fingerprint density at radius 3 is 2.65 bits per heavy atom. The standard InChI is InChI=1S/C37H40N6/c1-5-7-22-38-26-27-42(29-31(4)40-24-8-6-2)34-18-14-32(15-19-34)33-16-20-35(21-17-33)43(36-13-11-23-39-28-36)37-30(3)12-9-10-25-41-37/h5-11,13-16,18-20,22-26,28-29H,1,12,17,21,27H2,2-4H3/b8-6-,22-7-,31-29+,38-26?,40-24-. The van der Waals surface area contributed by atoms with Gasteiger partial charge in [0.15, 0.2) is 0 Å². The van der Waals surface area contributed by atoms with E-state index in [2.05, 4.69) is 86.8 Å². The van der Waals surface area contributed by atoms with Crippen LogP contribution in [0.2, 0.25) is 0 Å². The molecule has 6 nitrogen and oxygen atoms in total. The molecule has 0 fully saturated rings. The number of anilines is 2. The second kappa shape index (κ2) is 16.4. The van der Waals surface area contributed by atoms with Crippen molar-refractivity contribution in [2.24, 2.45) is 15.0 Å². The summed E-state index contributed by atoms with van der Waals surface area (Å²) in [5.74, 6) is 0.965. The van der Waals surface area contributed by atoms with Gasteiger partial charge in [0.2, 0.25) is 0 Å². The predicted molar refractivity (Wildman–Crippen MR) is 186 cm³/mol. The molecule has 6 heteroatoms. The molecule has 1 aromatic carbocycles. The minimum atomic E-state index is 0.615. The van der Waals surface area contributed by atoms with Crippen LogP contribution in [-0.4, -0.2) is 30.2 Å². The summed E-state index contributed by atoms with van der Waals surface area (Å²) in [6.45, 7) is 10.4. The van der Waals surface area contributed by atoms with E-state index >= 15 is 0 Å². The molecule has 0 saturated carbocycles. The van der Waals surface area contributed by atoms with Crippen LogP contribution < -0.4 is 9.80 Å². The van der Waals surface area contributed by atoms with Gasteiger partial charge in [-0.15, -0.1) is 0 Å². The van der Waals surface area contributed by atoms with E-state index in [1.54, 1.807) is 24.7 Å². The summed E-state index contributed by atoms with van der Waals surface area (Å²) in [5.41, 5.74) is 7.95. The fourth-order valence-corrected chi connectivity index (χ4v) is 4.74. The van der Waals surface area contributed by atoms with Crippen molar-refractivity contribution in [2.75, 3.05) is 16.3 Å². The quantitative estimate of drug-likeness (QED) is 0.190. The van der Waals surface area contributed by atoms with Crippen LogP contribution in [0.1, 0.15) is 45.6 Å². The first-order chi connectivity index (χ1) is 21.1. The third-order valence-corrected chi connectivity index (χ3v) is 6.92. The molecule has 0 spiro atoms. The van der Waals surface area contributed by atoms with Crippen LogP contribution in [-0.2, 0) is 0 Å². The third kappa shape index (κ3) is 8.94. The van der Waals surface area contributed by atoms with Gasteiger partial charge < -0.3 is 4.90 Å². The van der Waals surface area contributed by atoms with Crippen LogP contribution in [0.25, 0.3) is 5.57 Å². The van der Waals surface area contributed by atoms with Gasteiger partial charge in [-0.3, -0.25) is 19.9 Å². The second-order valence-corrected chi connectivity index (χ2v) is 10.1. The van der Waals surface area contributed by atoms with Gasteiger partial charge in [-0.1, -0.05) is 43.0 Å². The molecule has 0 atom stereocenters. The van der Waals surface area contributed by atoms with E-state index in [-0.39, 0.29) is 0 Å². The second-order valence-electron chi connectivity index (χ2n) is 10.1. The first-order valence-corrected chi connectivity index (χ1v) is 14.6. The first-order valence-electron chi connectivity index (χ1n) is 14.6. The van der Waals surface area contributed by atoms with E-state index in [1.165, 1.54) is 22.4 Å². The molecule has 0 unspecified atom stereocenters. The summed E-state index contributed by atoms with van der Waals surface area (Å²) in [7, 11) is 0. The molecular weight excluding hydrogens is 528 g/mol. The normalized spacial score (nSPS) is 15.9. The lowest BCUT2D eigenvalue weighted by molar-refractivity contribution is 0.881. The van der Waals surface area contributed by atoms with Gasteiger partial charge in [-0.2, -0.15) is 0 Å². The Balaban J connectivity index is 1.59. The highest BCUT2D eigenvalue weighted by Crippen LogP contribution is 2.35. The average Bonchev–Trinajstić information content (AvgIpc) is 3.25. The number of hydrogen-bond donors (Lipinski definition) is 0. The molecule has 0 bridgehead atoms. The van der Waals surface area contributed by atoms with Crippen LogP contribution in [0.3, 0.4) is 0 Å². The largest absolute Gasteiger partial charge is 0.341 e. The molecule has 2 heterocycles. The maximum absolute atomic E-state index is 4.80. The molecule has 2 aliphatic rings. The monoisotopic (exact) mass is 568 g/mol. The van der Waals surface area contributed by atoms with Gasteiger partial charge in [0, 0.05) is 48.6 Å². The minimum absolute atomic E-state index is 0.615. The van der Waals surface area contributed by atoms with Crippen molar-refractivity contribution >= 4 is 35.6 Å². The molecule has 0 amide bonds. The van der Waals surface area contributed by atoms with Gasteiger partial charge in [-0.25, -0.2) is 4.99 Å². The Kier molecular flexibility index (Phi) is 11.7. The summed E-state index contributed by atoms with van der Waals surface area (Å²) >= 11 is 0. The average molecular weight is 569 g/mol. The topological polar surface area (TPSA) is 56.5 Å². The Bertz CT molecular complexity index is 1540. The lowest BCUT2D eigenvalue weighted by atomic mass is 9.95. The van der Waals surface area contributed by atoms with Crippen LogP contribution in [0.5, 0.6) is 0 Å². The summed E-state index contributed by atoms with van der Waals surface area (Å²) in [6.07, 6.45) is 31.8. The van der Waals surface area contributed by atoms with Crippen LogP contribution in [0.15, 0.2) is 154 Å². The highest BCUT2D eigenvalue weighted by Gasteiger charge is 2.21. The Hall–Kier alpha value is -5.10. The molecule has 2 aromatic rings. The summed E-state index contributed by atoms with van der Waals surface area (Å²) in [4.78, 5) is 22.4. The van der Waals surface area contributed by atoms with Gasteiger partial charge in [0.25, 0.3) is 0 Å². The number of allylic oxidation sites excluding steroid dienone is 12. The van der Waals surface area contributed by atoms with Crippen molar-refractivity contribution in [3.8, 4) is 0 Å². The molecule has 218 valence electrons. The van der Waals surface area contributed by atoms with E-state index in [9.17, 15) is 0 Å². The predicted octanol–water partition coefficient (Wildman–Crippen LogP) is 9.00. The lowest BCUT2D eigenvalue weighted by Gasteiger charge is -2.30. The fourth-order valence-electron chi connectivity index (χ4n) is 4.74. The van der Waals surface area contributed by atoms with Crippen molar-refractivity contribution in [3.63, 3.8) is 0 Å².